The summed E-state index contributed by atoms with van der Waals surface area (Å²) < 4.78 is 5.45. The molecule has 0 saturated heterocycles. The maximum atomic E-state index is 12.4. The van der Waals surface area contributed by atoms with E-state index in [0.717, 1.165) is 38.5 Å². The van der Waals surface area contributed by atoms with Gasteiger partial charge in [-0.3, -0.25) is 4.79 Å². The number of fused-ring (bicyclic) bond motifs is 5. The van der Waals surface area contributed by atoms with Crippen LogP contribution in [-0.2, 0) is 11.2 Å². The molecule has 3 aliphatic rings. The zero-order valence-electron chi connectivity index (χ0n) is 17.1. The van der Waals surface area contributed by atoms with Gasteiger partial charge in [0.2, 0.25) is 0 Å². The molecular weight excluding hydrogens is 354 g/mol. The number of aliphatic hydroxyl groups is 1. The fourth-order valence-corrected chi connectivity index (χ4v) is 5.84. The van der Waals surface area contributed by atoms with E-state index >= 15 is 0 Å². The summed E-state index contributed by atoms with van der Waals surface area (Å²) in [5.74, 6) is 2.65. The van der Waals surface area contributed by atoms with Gasteiger partial charge in [0.25, 0.3) is 0 Å². The van der Waals surface area contributed by atoms with Crippen LogP contribution in [0.1, 0.15) is 69.9 Å². The molecule has 152 valence electrons. The van der Waals surface area contributed by atoms with E-state index in [4.69, 9.17) is 4.74 Å². The molecule has 0 aromatic heterocycles. The molecule has 1 aromatic rings. The van der Waals surface area contributed by atoms with E-state index in [9.17, 15) is 14.7 Å². The van der Waals surface area contributed by atoms with E-state index in [2.05, 4.69) is 18.3 Å². The number of rotatable bonds is 3. The van der Waals surface area contributed by atoms with Crippen molar-refractivity contribution in [1.82, 2.24) is 5.32 Å². The zero-order valence-corrected chi connectivity index (χ0v) is 17.1. The van der Waals surface area contributed by atoms with Crippen molar-refractivity contribution in [2.45, 2.75) is 70.8 Å². The lowest BCUT2D eigenvalue weighted by molar-refractivity contribution is -0.129. The molecule has 3 aliphatic carbocycles. The Morgan fingerprint density at radius 2 is 2.07 bits per heavy atom. The van der Waals surface area contributed by atoms with Gasteiger partial charge in [-0.25, -0.2) is 4.79 Å². The molecule has 0 radical (unpaired) electrons. The first-order chi connectivity index (χ1) is 13.2. The lowest BCUT2D eigenvalue weighted by Crippen LogP contribution is -2.47. The molecule has 5 nitrogen and oxygen atoms in total. The first-order valence-corrected chi connectivity index (χ1v) is 10.5. The molecule has 4 rings (SSSR count). The van der Waals surface area contributed by atoms with Gasteiger partial charge in [0.15, 0.2) is 0 Å². The lowest BCUT2D eigenvalue weighted by Gasteiger charge is -2.48. The summed E-state index contributed by atoms with van der Waals surface area (Å²) >= 11 is 0. The molecule has 0 heterocycles. The van der Waals surface area contributed by atoms with Gasteiger partial charge < -0.3 is 15.2 Å². The minimum Gasteiger partial charge on any atom is -0.410 e. The van der Waals surface area contributed by atoms with Crippen molar-refractivity contribution in [1.29, 1.82) is 0 Å². The molecule has 2 fully saturated rings. The molecule has 5 heteroatoms. The van der Waals surface area contributed by atoms with Crippen LogP contribution in [0.3, 0.4) is 0 Å². The molecule has 1 amide bonds. The molecule has 4 atom stereocenters. The Bertz CT molecular complexity index is 802. The third-order valence-electron chi connectivity index (χ3n) is 7.45. The zero-order chi connectivity index (χ0) is 20.1. The van der Waals surface area contributed by atoms with Gasteiger partial charge in [-0.1, -0.05) is 13.0 Å². The number of aliphatic hydroxyl groups excluding tert-OH is 1. The van der Waals surface area contributed by atoms with Crippen LogP contribution in [0.5, 0.6) is 5.75 Å². The predicted molar refractivity (Wildman–Crippen MR) is 106 cm³/mol. The lowest BCUT2D eigenvalue weighted by atomic mass is 9.55. The van der Waals surface area contributed by atoms with Crippen LogP contribution in [0.25, 0.3) is 0 Å². The highest BCUT2D eigenvalue weighted by Gasteiger charge is 2.54. The number of amides is 1. The van der Waals surface area contributed by atoms with Gasteiger partial charge in [-0.05, 0) is 87.0 Å². The summed E-state index contributed by atoms with van der Waals surface area (Å²) in [6, 6.07) is 5.98. The van der Waals surface area contributed by atoms with Gasteiger partial charge in [-0.15, -0.1) is 0 Å². The number of carbonyl (C=O) groups is 2. The Balaban J connectivity index is 1.50. The van der Waals surface area contributed by atoms with E-state index in [-0.39, 0.29) is 12.0 Å². The number of nitrogens with one attached hydrogen (secondary N) is 1. The number of aryl methyl sites for hydroxylation is 1. The average molecular weight is 386 g/mol. The van der Waals surface area contributed by atoms with E-state index in [1.54, 1.807) is 13.8 Å². The summed E-state index contributed by atoms with van der Waals surface area (Å²) in [6.45, 7) is 5.53. The van der Waals surface area contributed by atoms with Crippen LogP contribution in [0.15, 0.2) is 18.2 Å². The van der Waals surface area contributed by atoms with Gasteiger partial charge in [-0.2, -0.15) is 0 Å². The van der Waals surface area contributed by atoms with Crippen LogP contribution in [0.4, 0.5) is 4.79 Å². The first kappa shape index (κ1) is 19.4. The van der Waals surface area contributed by atoms with Crippen molar-refractivity contribution in [3.8, 4) is 5.75 Å². The number of hydrogen-bond donors (Lipinski definition) is 2. The molecule has 0 bridgehead atoms. The van der Waals surface area contributed by atoms with E-state index in [0.29, 0.717) is 29.3 Å². The van der Waals surface area contributed by atoms with Gasteiger partial charge >= 0.3 is 6.09 Å². The van der Waals surface area contributed by atoms with Crippen LogP contribution in [-0.4, -0.2) is 29.1 Å². The maximum Gasteiger partial charge on any atom is 0.413 e. The second-order valence-electron chi connectivity index (χ2n) is 9.75. The Morgan fingerprint density at radius 3 is 2.82 bits per heavy atom. The quantitative estimate of drug-likeness (QED) is 0.825. The van der Waals surface area contributed by atoms with Gasteiger partial charge in [0, 0.05) is 11.8 Å². The first-order valence-electron chi connectivity index (χ1n) is 10.5. The van der Waals surface area contributed by atoms with Crippen LogP contribution >= 0.6 is 0 Å². The Hall–Kier alpha value is -1.88. The summed E-state index contributed by atoms with van der Waals surface area (Å²) in [5.41, 5.74) is 1.83. The van der Waals surface area contributed by atoms with Crippen molar-refractivity contribution in [3.63, 3.8) is 0 Å². The monoisotopic (exact) mass is 385 g/mol. The second-order valence-corrected chi connectivity index (χ2v) is 9.75. The van der Waals surface area contributed by atoms with Gasteiger partial charge in [0.1, 0.15) is 11.5 Å². The normalized spacial score (nSPS) is 31.6. The van der Waals surface area contributed by atoms with Crippen molar-refractivity contribution >= 4 is 11.9 Å². The highest BCUT2D eigenvalue weighted by molar-refractivity contribution is 5.87. The number of ketones is 1. The number of Topliss-reactive ketones (excluding diaryl/α,β-unsaturated/α-hetero) is 1. The SMILES string of the molecule is CC(C)(CO)NC(=O)Oc1ccc2c(c1)CCC1C2CCC2(C)C(=O)CCC12. The number of ether oxygens (including phenoxy) is 1. The van der Waals surface area contributed by atoms with Crippen molar-refractivity contribution in [2.24, 2.45) is 17.3 Å². The second kappa shape index (κ2) is 6.87. The molecular formula is C23H31NO4. The summed E-state index contributed by atoms with van der Waals surface area (Å²) in [5, 5.41) is 12.0. The molecule has 2 N–H and O–H groups in total. The van der Waals surface area contributed by atoms with Crippen molar-refractivity contribution in [2.75, 3.05) is 6.61 Å². The fraction of sp³-hybridized carbons (Fsp3) is 0.652. The molecule has 0 aliphatic heterocycles. The predicted octanol–water partition coefficient (Wildman–Crippen LogP) is 3.97. The number of hydrogen-bond acceptors (Lipinski definition) is 4. The highest BCUT2D eigenvalue weighted by atomic mass is 16.6. The third kappa shape index (κ3) is 3.24. The van der Waals surface area contributed by atoms with Crippen molar-refractivity contribution < 1.29 is 19.4 Å². The van der Waals surface area contributed by atoms with Crippen LogP contribution < -0.4 is 10.1 Å². The van der Waals surface area contributed by atoms with E-state index in [1.807, 2.05) is 12.1 Å². The third-order valence-corrected chi connectivity index (χ3v) is 7.45. The smallest absolute Gasteiger partial charge is 0.410 e. The van der Waals surface area contributed by atoms with E-state index < -0.39 is 11.6 Å². The van der Waals surface area contributed by atoms with E-state index in [1.165, 1.54) is 11.1 Å². The minimum absolute atomic E-state index is 0.0979. The molecule has 1 aromatic carbocycles. The fourth-order valence-electron chi connectivity index (χ4n) is 5.84. The highest BCUT2D eigenvalue weighted by Crippen LogP contribution is 2.59. The summed E-state index contributed by atoms with van der Waals surface area (Å²) in [6.07, 6.45) is 5.40. The standard InChI is InChI=1S/C23H31NO4/c1-22(2,13-25)24-21(27)28-15-5-7-16-14(12-15)4-6-18-17(16)10-11-23(3)19(18)8-9-20(23)26/h5,7,12,17-19,25H,4,6,8-11,13H2,1-3H3,(H,24,27). The Kier molecular flexibility index (Phi) is 4.77. The number of carbonyl (C=O) groups excluding carboxylic acids is 2. The van der Waals surface area contributed by atoms with Crippen LogP contribution in [0.2, 0.25) is 0 Å². The average Bonchev–Trinajstić information content (AvgIpc) is 2.96. The minimum atomic E-state index is -0.716. The summed E-state index contributed by atoms with van der Waals surface area (Å²) in [4.78, 5) is 24.5. The molecule has 0 spiro atoms. The Morgan fingerprint density at radius 1 is 1.29 bits per heavy atom. The Labute approximate surface area is 166 Å². The molecule has 2 saturated carbocycles. The van der Waals surface area contributed by atoms with Gasteiger partial charge in [0.05, 0.1) is 12.1 Å². The maximum absolute atomic E-state index is 12.4. The summed E-state index contributed by atoms with van der Waals surface area (Å²) in [7, 11) is 0. The topological polar surface area (TPSA) is 75.6 Å². The largest absolute Gasteiger partial charge is 0.413 e. The molecule has 28 heavy (non-hydrogen) atoms. The van der Waals surface area contributed by atoms with Crippen LogP contribution in [0, 0.1) is 17.3 Å². The molecule has 4 unspecified atom stereocenters. The van der Waals surface area contributed by atoms with Crippen molar-refractivity contribution in [3.05, 3.63) is 29.3 Å². The number of benzene rings is 1.